The van der Waals surface area contributed by atoms with E-state index < -0.39 is 0 Å². The molecule has 3 aliphatic carbocycles. The largest absolute Gasteiger partial charge is 0.403 e. The lowest BCUT2D eigenvalue weighted by atomic mass is 9.93. The van der Waals surface area contributed by atoms with Crippen LogP contribution in [-0.2, 0) is 19.3 Å². The molecule has 54 heavy (non-hydrogen) atoms. The molecule has 0 saturated carbocycles. The van der Waals surface area contributed by atoms with E-state index in [1.54, 1.807) is 6.20 Å². The molecule has 1 aliphatic heterocycles. The van der Waals surface area contributed by atoms with Crippen LogP contribution >= 0.6 is 0 Å². The lowest BCUT2D eigenvalue weighted by molar-refractivity contribution is 0.881. The first-order valence-corrected chi connectivity index (χ1v) is 19.2. The molecule has 5 nitrogen and oxygen atoms in total. The van der Waals surface area contributed by atoms with E-state index in [1.807, 2.05) is 12.3 Å². The molecule has 0 amide bonds. The number of fused-ring (bicyclic) bond motifs is 7. The van der Waals surface area contributed by atoms with E-state index in [1.165, 1.54) is 55.9 Å². The van der Waals surface area contributed by atoms with Crippen LogP contribution in [0.25, 0.3) is 45.6 Å². The van der Waals surface area contributed by atoms with Gasteiger partial charge in [0.15, 0.2) is 0 Å². The quantitative estimate of drug-likeness (QED) is 0.164. The van der Waals surface area contributed by atoms with Gasteiger partial charge in [-0.05, 0) is 111 Å². The van der Waals surface area contributed by atoms with Crippen molar-refractivity contribution in [2.24, 2.45) is 5.73 Å². The highest BCUT2D eigenvalue weighted by Gasteiger charge is 2.33. The second kappa shape index (κ2) is 14.2. The minimum atomic E-state index is 0.695. The molecule has 5 aromatic rings. The Hall–Kier alpha value is -6.33. The average molecular weight is 704 g/mol. The van der Waals surface area contributed by atoms with Crippen molar-refractivity contribution in [2.75, 3.05) is 4.90 Å². The predicted molar refractivity (Wildman–Crippen MR) is 228 cm³/mol. The zero-order valence-corrected chi connectivity index (χ0v) is 30.9. The summed E-state index contributed by atoms with van der Waals surface area (Å²) in [5, 5.41) is 1.22. The summed E-state index contributed by atoms with van der Waals surface area (Å²) in [5.41, 5.74) is 24.2. The molecule has 0 saturated heterocycles. The molecule has 4 aliphatic rings. The van der Waals surface area contributed by atoms with Crippen LogP contribution in [0.2, 0.25) is 0 Å². The number of anilines is 1. The lowest BCUT2D eigenvalue weighted by Crippen LogP contribution is -2.22. The van der Waals surface area contributed by atoms with E-state index in [4.69, 9.17) is 10.7 Å². The number of nitrogens with two attached hydrogens (primary N) is 1. The third kappa shape index (κ3) is 5.50. The Morgan fingerprint density at radius 1 is 0.870 bits per heavy atom. The van der Waals surface area contributed by atoms with Gasteiger partial charge in [0, 0.05) is 57.5 Å². The Morgan fingerprint density at radius 3 is 2.48 bits per heavy atom. The summed E-state index contributed by atoms with van der Waals surface area (Å²) < 4.78 is 4.82. The zero-order chi connectivity index (χ0) is 36.6. The molecule has 4 heterocycles. The van der Waals surface area contributed by atoms with Crippen LogP contribution in [-0.4, -0.2) is 14.1 Å². The van der Waals surface area contributed by atoms with Crippen LogP contribution < -0.4 is 10.6 Å². The SMILES string of the molecule is C=CC1=C(/C=C\C)N(c2ccc(C/C=C\C(=C/N)n3c4c(c5c3CCC=C5)CCC=C4)nc2)C2=C(CCC=C2)c2c1c1ccccc1n2-c1ccccc1. The van der Waals surface area contributed by atoms with Crippen molar-refractivity contribution >= 4 is 45.6 Å². The first kappa shape index (κ1) is 33.5. The standard InChI is InChI=1S/C49H45N5/c1-3-17-43-38(4-2)48-41-24-10-14-28-46(41)54(35-19-6-5-7-20-35)49(48)42-25-11-15-29-47(42)53(43)37-31-30-34(51-33-37)18-16-21-36(32-50)52-44-26-12-8-22-39(44)40-23-9-13-27-45(40)52/h3-8,10,13-17,19-22,24,27-33H,2,9,11-12,18,23,25-26,50H2,1H3/b17-3-,21-16-,36-32+. The Labute approximate surface area is 318 Å². The van der Waals surface area contributed by atoms with E-state index in [0.29, 0.717) is 6.42 Å². The summed E-state index contributed by atoms with van der Waals surface area (Å²) in [7, 11) is 0. The Bertz CT molecular complexity index is 2540. The number of hydrogen-bond acceptors (Lipinski definition) is 3. The Kier molecular flexibility index (Phi) is 8.84. The molecular weight excluding hydrogens is 659 g/mol. The monoisotopic (exact) mass is 703 g/mol. The summed E-state index contributed by atoms with van der Waals surface area (Å²) in [6, 6.07) is 23.9. The van der Waals surface area contributed by atoms with Gasteiger partial charge in [-0.3, -0.25) is 4.98 Å². The number of pyridine rings is 1. The summed E-state index contributed by atoms with van der Waals surface area (Å²) >= 11 is 0. The fourth-order valence-corrected chi connectivity index (χ4v) is 8.84. The molecule has 5 heteroatoms. The highest BCUT2D eigenvalue weighted by molar-refractivity contribution is 6.06. The van der Waals surface area contributed by atoms with Gasteiger partial charge in [0.2, 0.25) is 0 Å². The number of para-hydroxylation sites is 2. The van der Waals surface area contributed by atoms with Gasteiger partial charge in [0.25, 0.3) is 0 Å². The first-order valence-electron chi connectivity index (χ1n) is 19.2. The van der Waals surface area contributed by atoms with Gasteiger partial charge in [-0.25, -0.2) is 0 Å². The van der Waals surface area contributed by atoms with Crippen molar-refractivity contribution in [1.29, 1.82) is 0 Å². The van der Waals surface area contributed by atoms with Crippen LogP contribution in [0.1, 0.15) is 72.1 Å². The molecule has 9 rings (SSSR count). The molecule has 0 atom stereocenters. The van der Waals surface area contributed by atoms with Crippen molar-refractivity contribution in [1.82, 2.24) is 14.1 Å². The maximum atomic E-state index is 6.31. The van der Waals surface area contributed by atoms with Crippen molar-refractivity contribution in [3.8, 4) is 5.69 Å². The van der Waals surface area contributed by atoms with E-state index in [0.717, 1.165) is 72.6 Å². The van der Waals surface area contributed by atoms with Gasteiger partial charge in [0.1, 0.15) is 0 Å². The molecule has 0 unspecified atom stereocenters. The van der Waals surface area contributed by atoms with Gasteiger partial charge in [-0.15, -0.1) is 0 Å². The number of rotatable bonds is 8. The minimum Gasteiger partial charge on any atom is -0.403 e. The minimum absolute atomic E-state index is 0.695. The number of hydrogen-bond donors (Lipinski definition) is 1. The summed E-state index contributed by atoms with van der Waals surface area (Å²) in [6.45, 7) is 6.50. The number of benzene rings is 2. The van der Waals surface area contributed by atoms with Gasteiger partial charge in [-0.2, -0.15) is 0 Å². The van der Waals surface area contributed by atoms with Crippen LogP contribution in [0.4, 0.5) is 5.69 Å². The van der Waals surface area contributed by atoms with Gasteiger partial charge in [-0.1, -0.05) is 85.5 Å². The highest BCUT2D eigenvalue weighted by atomic mass is 15.2. The molecule has 2 N–H and O–H groups in total. The lowest BCUT2D eigenvalue weighted by Gasteiger charge is -2.30. The van der Waals surface area contributed by atoms with E-state index in [2.05, 4.69) is 155 Å². The van der Waals surface area contributed by atoms with Gasteiger partial charge < -0.3 is 19.8 Å². The Balaban J connectivity index is 1.11. The van der Waals surface area contributed by atoms with Crippen molar-refractivity contribution < 1.29 is 0 Å². The molecule has 0 spiro atoms. The summed E-state index contributed by atoms with van der Waals surface area (Å²) in [4.78, 5) is 7.43. The number of aromatic nitrogens is 3. The maximum absolute atomic E-state index is 6.31. The number of nitrogens with zero attached hydrogens (tertiary/aromatic N) is 4. The smallest absolute Gasteiger partial charge is 0.0645 e. The van der Waals surface area contributed by atoms with Crippen molar-refractivity contribution in [3.05, 3.63) is 191 Å². The van der Waals surface area contributed by atoms with Crippen LogP contribution in [0.15, 0.2) is 152 Å². The predicted octanol–water partition coefficient (Wildman–Crippen LogP) is 11.4. The van der Waals surface area contributed by atoms with Crippen molar-refractivity contribution in [2.45, 2.75) is 51.9 Å². The average Bonchev–Trinajstić information content (AvgIpc) is 3.71. The molecule has 2 aromatic carbocycles. The second-order valence-electron chi connectivity index (χ2n) is 14.2. The number of allylic oxidation sites excluding steroid dienone is 12. The molecule has 0 bridgehead atoms. The fraction of sp³-hybridized carbons (Fsp3) is 0.163. The van der Waals surface area contributed by atoms with E-state index >= 15 is 0 Å². The third-order valence-electron chi connectivity index (χ3n) is 11.1. The van der Waals surface area contributed by atoms with E-state index in [-0.39, 0.29) is 0 Å². The van der Waals surface area contributed by atoms with Crippen LogP contribution in [0, 0.1) is 0 Å². The van der Waals surface area contributed by atoms with Crippen LogP contribution in [0.5, 0.6) is 0 Å². The normalized spacial score (nSPS) is 16.7. The third-order valence-corrected chi connectivity index (χ3v) is 11.1. The fourth-order valence-electron chi connectivity index (χ4n) is 8.84. The summed E-state index contributed by atoms with van der Waals surface area (Å²) in [6.07, 6.45) is 35.1. The second-order valence-corrected chi connectivity index (χ2v) is 14.2. The molecule has 0 fully saturated rings. The maximum Gasteiger partial charge on any atom is 0.0645 e. The topological polar surface area (TPSA) is 52.0 Å². The summed E-state index contributed by atoms with van der Waals surface area (Å²) in [5.74, 6) is 0. The molecule has 266 valence electrons. The zero-order valence-electron chi connectivity index (χ0n) is 30.9. The van der Waals surface area contributed by atoms with E-state index in [9.17, 15) is 0 Å². The van der Waals surface area contributed by atoms with Crippen LogP contribution in [0.3, 0.4) is 0 Å². The molecule has 0 radical (unpaired) electrons. The van der Waals surface area contributed by atoms with Gasteiger partial charge >= 0.3 is 0 Å². The molecule has 3 aromatic heterocycles. The Morgan fingerprint density at radius 2 is 1.67 bits per heavy atom. The van der Waals surface area contributed by atoms with Gasteiger partial charge in [0.05, 0.1) is 40.2 Å². The van der Waals surface area contributed by atoms with Crippen molar-refractivity contribution in [3.63, 3.8) is 0 Å². The highest BCUT2D eigenvalue weighted by Crippen LogP contribution is 2.48. The molecular formula is C49H45N5. The first-order chi connectivity index (χ1) is 26.7.